The summed E-state index contributed by atoms with van der Waals surface area (Å²) in [7, 11) is -2.71. The van der Waals surface area contributed by atoms with Gasteiger partial charge in [-0.3, -0.25) is 4.72 Å². The minimum atomic E-state index is -2.71. The number of nitrogens with zero attached hydrogens (tertiary/aromatic N) is 1. The molecule has 0 spiro atoms. The van der Waals surface area contributed by atoms with Gasteiger partial charge in [-0.25, -0.2) is 18.2 Å². The van der Waals surface area contributed by atoms with Gasteiger partial charge in [0.2, 0.25) is 10.9 Å². The number of ether oxygens (including phenoxy) is 1. The molecule has 3 aromatic rings. The number of hydrogen-bond donors (Lipinski definition) is 3. The number of carbonyl (C=O) groups excluding carboxylic acids is 1. The minimum absolute atomic E-state index is 0.378. The number of nitrogens with one attached hydrogen (secondary N) is 2. The van der Waals surface area contributed by atoms with Gasteiger partial charge in [0, 0.05) is 5.69 Å². The Morgan fingerprint density at radius 3 is 2.45 bits per heavy atom. The highest BCUT2D eigenvalue weighted by atomic mass is 32.2. The summed E-state index contributed by atoms with van der Waals surface area (Å²) in [5, 5.41) is 3.70. The topological polar surface area (TPSA) is 97.4 Å². The molecule has 0 aliphatic carbocycles. The average molecular weight is 434 g/mol. The van der Waals surface area contributed by atoms with E-state index in [0.29, 0.717) is 12.1 Å². The lowest BCUT2D eigenvalue weighted by atomic mass is 10.1. The van der Waals surface area contributed by atoms with Crippen LogP contribution in [0.25, 0.3) is 10.2 Å². The normalized spacial score (nSPS) is 12.7. The van der Waals surface area contributed by atoms with E-state index in [1.54, 1.807) is 12.1 Å². The molecule has 7 nitrogen and oxygen atoms in total. The highest BCUT2D eigenvalue weighted by molar-refractivity contribution is 7.73. The summed E-state index contributed by atoms with van der Waals surface area (Å²) in [5.41, 5.74) is 1.69. The van der Waals surface area contributed by atoms with Gasteiger partial charge < -0.3 is 10.1 Å². The first-order chi connectivity index (χ1) is 13.7. The SMILES string of the molecule is CC(C)(C)OC(=O)N[C@@H](Cc1ccc(N[SH](=O)=O)cc1)c1nc2ccccc2s1. The van der Waals surface area contributed by atoms with Gasteiger partial charge in [-0.1, -0.05) is 24.3 Å². The zero-order valence-corrected chi connectivity index (χ0v) is 18.0. The standard InChI is InChI=1S/C20H23N3O4S2/c1-20(2,3)27-19(24)22-16(18-21-15-6-4-5-7-17(15)28-18)12-13-8-10-14(11-9-13)23-29(25)26/h4-11,16,29H,12H2,1-3H3,(H,22,24)(H,23,25,26)/t16-/m0/s1. The number of para-hydroxylation sites is 1. The Labute approximate surface area is 175 Å². The average Bonchev–Trinajstić information content (AvgIpc) is 3.05. The Balaban J connectivity index is 1.84. The maximum absolute atomic E-state index is 12.4. The van der Waals surface area contributed by atoms with E-state index in [2.05, 4.69) is 15.0 Å². The molecule has 1 heterocycles. The zero-order valence-electron chi connectivity index (χ0n) is 16.3. The molecule has 9 heteroatoms. The van der Waals surface area contributed by atoms with E-state index >= 15 is 0 Å². The van der Waals surface area contributed by atoms with E-state index in [1.165, 1.54) is 11.3 Å². The van der Waals surface area contributed by atoms with Crippen LogP contribution >= 0.6 is 11.3 Å². The van der Waals surface area contributed by atoms with Gasteiger partial charge in [0.05, 0.1) is 16.3 Å². The van der Waals surface area contributed by atoms with Crippen LogP contribution in [0.2, 0.25) is 0 Å². The number of thiol groups is 1. The Morgan fingerprint density at radius 1 is 1.14 bits per heavy atom. The number of carbonyl (C=O) groups is 1. The fourth-order valence-electron chi connectivity index (χ4n) is 2.75. The number of fused-ring (bicyclic) bond motifs is 1. The van der Waals surface area contributed by atoms with Crippen LogP contribution < -0.4 is 10.0 Å². The van der Waals surface area contributed by atoms with E-state index in [9.17, 15) is 13.2 Å². The van der Waals surface area contributed by atoms with Gasteiger partial charge in [0.25, 0.3) is 0 Å². The van der Waals surface area contributed by atoms with Crippen LogP contribution in [-0.4, -0.2) is 25.1 Å². The summed E-state index contributed by atoms with van der Waals surface area (Å²) in [6.45, 7) is 5.43. The van der Waals surface area contributed by atoms with Crippen molar-refractivity contribution in [2.45, 2.75) is 38.8 Å². The van der Waals surface area contributed by atoms with E-state index in [0.717, 1.165) is 20.8 Å². The second-order valence-corrected chi connectivity index (χ2v) is 9.29. The molecule has 0 aliphatic rings. The quantitative estimate of drug-likeness (QED) is 0.510. The van der Waals surface area contributed by atoms with Crippen LogP contribution in [0.15, 0.2) is 48.5 Å². The smallest absolute Gasteiger partial charge is 0.408 e. The maximum atomic E-state index is 12.4. The van der Waals surface area contributed by atoms with Gasteiger partial charge in [-0.15, -0.1) is 11.3 Å². The van der Waals surface area contributed by atoms with Crippen LogP contribution in [0, 0.1) is 0 Å². The Hall–Kier alpha value is -2.65. The third-order valence-corrected chi connectivity index (χ3v) is 5.50. The predicted octanol–water partition coefficient (Wildman–Crippen LogP) is 4.04. The van der Waals surface area contributed by atoms with E-state index in [-0.39, 0.29) is 6.04 Å². The molecule has 0 aliphatic heterocycles. The van der Waals surface area contributed by atoms with Crippen molar-refractivity contribution >= 4 is 44.2 Å². The maximum Gasteiger partial charge on any atom is 0.408 e. The van der Waals surface area contributed by atoms with E-state index in [4.69, 9.17) is 4.74 Å². The number of anilines is 1. The molecule has 154 valence electrons. The summed E-state index contributed by atoms with van der Waals surface area (Å²) in [4.78, 5) is 17.1. The summed E-state index contributed by atoms with van der Waals surface area (Å²) >= 11 is 1.52. The van der Waals surface area contributed by atoms with Crippen LogP contribution in [0.3, 0.4) is 0 Å². The number of benzene rings is 2. The minimum Gasteiger partial charge on any atom is -0.444 e. The van der Waals surface area contributed by atoms with Crippen molar-refractivity contribution in [3.05, 3.63) is 59.1 Å². The molecule has 0 saturated heterocycles. The summed E-state index contributed by atoms with van der Waals surface area (Å²) in [6, 6.07) is 14.4. The van der Waals surface area contributed by atoms with Crippen molar-refractivity contribution in [1.82, 2.24) is 10.3 Å². The van der Waals surface area contributed by atoms with Crippen molar-refractivity contribution < 1.29 is 17.9 Å². The highest BCUT2D eigenvalue weighted by Crippen LogP contribution is 2.29. The lowest BCUT2D eigenvalue weighted by Gasteiger charge is -2.23. The van der Waals surface area contributed by atoms with Gasteiger partial charge in [-0.05, 0) is 57.0 Å². The number of aromatic nitrogens is 1. The molecule has 0 radical (unpaired) electrons. The van der Waals surface area contributed by atoms with Crippen LogP contribution in [0.5, 0.6) is 0 Å². The second-order valence-electron chi connectivity index (χ2n) is 7.49. The van der Waals surface area contributed by atoms with Crippen molar-refractivity contribution in [1.29, 1.82) is 0 Å². The van der Waals surface area contributed by atoms with Gasteiger partial charge in [0.15, 0.2) is 0 Å². The Kier molecular flexibility index (Phi) is 6.39. The van der Waals surface area contributed by atoms with E-state index in [1.807, 2.05) is 57.2 Å². The summed E-state index contributed by atoms with van der Waals surface area (Å²) in [5.74, 6) is 0. The van der Waals surface area contributed by atoms with Crippen molar-refractivity contribution in [3.8, 4) is 0 Å². The first-order valence-electron chi connectivity index (χ1n) is 9.04. The predicted molar refractivity (Wildman–Crippen MR) is 116 cm³/mol. The molecule has 2 N–H and O–H groups in total. The van der Waals surface area contributed by atoms with Crippen molar-refractivity contribution in [3.63, 3.8) is 0 Å². The van der Waals surface area contributed by atoms with Gasteiger partial charge >= 0.3 is 6.09 Å². The number of alkyl carbamates (subject to hydrolysis) is 1. The molecule has 3 rings (SSSR count). The second kappa shape index (κ2) is 8.79. The fraction of sp³-hybridized carbons (Fsp3) is 0.300. The van der Waals surface area contributed by atoms with Crippen molar-refractivity contribution in [2.75, 3.05) is 4.72 Å². The third-order valence-electron chi connectivity index (χ3n) is 3.91. The highest BCUT2D eigenvalue weighted by Gasteiger charge is 2.23. The fourth-order valence-corrected chi connectivity index (χ4v) is 4.12. The lowest BCUT2D eigenvalue weighted by molar-refractivity contribution is 0.0503. The molecular weight excluding hydrogens is 410 g/mol. The van der Waals surface area contributed by atoms with Gasteiger partial charge in [-0.2, -0.15) is 0 Å². The largest absolute Gasteiger partial charge is 0.444 e. The molecular formula is C20H23N3O4S2. The van der Waals surface area contributed by atoms with Gasteiger partial charge in [0.1, 0.15) is 10.6 Å². The molecule has 1 amide bonds. The molecule has 29 heavy (non-hydrogen) atoms. The monoisotopic (exact) mass is 433 g/mol. The molecule has 0 unspecified atom stereocenters. The molecule has 1 atom stereocenters. The molecule has 0 fully saturated rings. The van der Waals surface area contributed by atoms with Crippen molar-refractivity contribution in [2.24, 2.45) is 0 Å². The lowest BCUT2D eigenvalue weighted by Crippen LogP contribution is -2.35. The number of rotatable bonds is 6. The number of thiazole rings is 1. The Bertz CT molecular complexity index is 1030. The number of amides is 1. The number of hydrogen-bond acceptors (Lipinski definition) is 6. The third kappa shape index (κ3) is 6.16. The Morgan fingerprint density at radius 2 is 1.83 bits per heavy atom. The van der Waals surface area contributed by atoms with E-state index < -0.39 is 22.6 Å². The first-order valence-corrected chi connectivity index (χ1v) is 11.0. The van der Waals surface area contributed by atoms with Crippen LogP contribution in [0.1, 0.15) is 37.4 Å². The molecule has 2 aromatic carbocycles. The van der Waals surface area contributed by atoms with Crippen LogP contribution in [-0.2, 0) is 22.0 Å². The molecule has 0 saturated carbocycles. The molecule has 0 bridgehead atoms. The van der Waals surface area contributed by atoms with Crippen LogP contribution in [0.4, 0.5) is 10.5 Å². The summed E-state index contributed by atoms with van der Waals surface area (Å²) < 4.78 is 30.4. The first kappa shape index (κ1) is 21.1. The summed E-state index contributed by atoms with van der Waals surface area (Å²) in [6.07, 6.45) is -0.0218. The molecule has 1 aromatic heterocycles. The zero-order chi connectivity index (χ0) is 21.0.